The van der Waals surface area contributed by atoms with Gasteiger partial charge in [0.25, 0.3) is 0 Å². The van der Waals surface area contributed by atoms with E-state index in [0.717, 1.165) is 0 Å². The second kappa shape index (κ2) is 10.1. The summed E-state index contributed by atoms with van der Waals surface area (Å²) in [5.74, 6) is -3.83. The molecule has 11 nitrogen and oxygen atoms in total. The van der Waals surface area contributed by atoms with Gasteiger partial charge < -0.3 is 35.2 Å². The number of carbonyl (C=O) groups is 4. The highest BCUT2D eigenvalue weighted by Crippen LogP contribution is 2.51. The minimum atomic E-state index is -1.17. The van der Waals surface area contributed by atoms with Crippen LogP contribution in [0.5, 0.6) is 0 Å². The Kier molecular flexibility index (Phi) is 7.46. The molecule has 0 radical (unpaired) electrons. The molecule has 0 saturated carbocycles. The third-order valence-corrected chi connectivity index (χ3v) is 8.98. The smallest absolute Gasteiger partial charge is 0.353 e. The maximum absolute atomic E-state index is 13.2. The van der Waals surface area contributed by atoms with E-state index in [1.165, 1.54) is 16.7 Å². The second-order valence-corrected chi connectivity index (χ2v) is 11.0. The lowest BCUT2D eigenvalue weighted by atomic mass is 9.79. The van der Waals surface area contributed by atoms with Gasteiger partial charge in [-0.05, 0) is 26.7 Å². The van der Waals surface area contributed by atoms with Gasteiger partial charge in [0.15, 0.2) is 0 Å². The van der Waals surface area contributed by atoms with Gasteiger partial charge in [-0.15, -0.1) is 11.8 Å². The first-order valence-electron chi connectivity index (χ1n) is 12.1. The molecular weight excluding hydrogens is 478 g/mol. The molecular formula is C23H33N3O8S. The first kappa shape index (κ1) is 25.9. The van der Waals surface area contributed by atoms with Crippen molar-refractivity contribution in [1.29, 1.82) is 0 Å². The molecule has 2 amide bonds. The number of ether oxygens (including phenoxy) is 1. The molecule has 0 aromatic carbocycles. The number of nitrogens with zero attached hydrogens (tertiary/aromatic N) is 2. The fraction of sp³-hybridized carbons (Fsp3) is 0.739. The molecule has 0 spiro atoms. The molecule has 4 aliphatic rings. The number of amides is 2. The first-order chi connectivity index (χ1) is 16.6. The molecule has 35 heavy (non-hydrogen) atoms. The zero-order chi connectivity index (χ0) is 25.6. The van der Waals surface area contributed by atoms with Crippen LogP contribution in [0.15, 0.2) is 10.6 Å². The van der Waals surface area contributed by atoms with Gasteiger partial charge in [0, 0.05) is 35.7 Å². The number of esters is 1. The van der Waals surface area contributed by atoms with Crippen LogP contribution in [0.1, 0.15) is 33.6 Å². The lowest BCUT2D eigenvalue weighted by molar-refractivity contribution is -0.163. The average molecular weight is 512 g/mol. The van der Waals surface area contributed by atoms with Crippen molar-refractivity contribution < 1.29 is 39.2 Å². The summed E-state index contributed by atoms with van der Waals surface area (Å²) in [5.41, 5.74) is -0.0218. The molecule has 12 heteroatoms. The summed E-state index contributed by atoms with van der Waals surface area (Å²) in [6, 6.07) is -0.859. The Morgan fingerprint density at radius 3 is 2.66 bits per heavy atom. The fourth-order valence-corrected chi connectivity index (χ4v) is 7.16. The van der Waals surface area contributed by atoms with Gasteiger partial charge in [-0.25, -0.2) is 4.79 Å². The van der Waals surface area contributed by atoms with Crippen molar-refractivity contribution in [2.24, 2.45) is 17.8 Å². The quantitative estimate of drug-likeness (QED) is 0.256. The Bertz CT molecular complexity index is 940. The summed E-state index contributed by atoms with van der Waals surface area (Å²) in [4.78, 5) is 53.4. The van der Waals surface area contributed by atoms with Crippen molar-refractivity contribution in [2.45, 2.75) is 63.2 Å². The molecule has 4 N–H and O–H groups in total. The highest BCUT2D eigenvalue weighted by Gasteiger charge is 2.60. The Balaban J connectivity index is 1.41. The van der Waals surface area contributed by atoms with Gasteiger partial charge in [-0.2, -0.15) is 0 Å². The van der Waals surface area contributed by atoms with Crippen molar-refractivity contribution in [2.75, 3.05) is 26.2 Å². The number of carboxylic acids is 1. The minimum absolute atomic E-state index is 0.0218. The summed E-state index contributed by atoms with van der Waals surface area (Å²) >= 11 is 1.38. The number of carbonyl (C=O) groups excluding carboxylic acids is 3. The number of β-lactam (4-membered cyclic amide) rings is 1. The van der Waals surface area contributed by atoms with E-state index in [4.69, 9.17) is 4.74 Å². The number of likely N-dealkylation sites (tertiary alicyclic amines) is 1. The van der Waals surface area contributed by atoms with Crippen LogP contribution >= 0.6 is 11.8 Å². The molecule has 4 aliphatic heterocycles. The largest absolute Gasteiger partial charge is 0.477 e. The molecule has 194 valence electrons. The zero-order valence-corrected chi connectivity index (χ0v) is 20.9. The molecule has 0 aromatic heterocycles. The summed E-state index contributed by atoms with van der Waals surface area (Å²) in [7, 11) is 0. The number of hydrogen-bond donors (Lipinski definition) is 4. The van der Waals surface area contributed by atoms with Gasteiger partial charge in [0.05, 0.1) is 36.8 Å². The predicted molar refractivity (Wildman–Crippen MR) is 125 cm³/mol. The highest BCUT2D eigenvalue weighted by molar-refractivity contribution is 8.03. The number of aliphatic carboxylic acids is 1. The standard InChI is InChI=1S/C23H33N3O8S/c1-4-34-23(33)13-9-25(6-5-15(13)28)20(29)14-7-12(8-24-14)35-19-10(2)17-16(11(3)27)21(30)26(17)18(19)22(31)32/h10-17,24,27-28H,4-9H2,1-3H3,(H,31,32)/t10-,11-,12+,13?,14+,15?,16-,17-/m1/s1. The molecule has 0 bridgehead atoms. The topological polar surface area (TPSA) is 157 Å². The van der Waals surface area contributed by atoms with Crippen LogP contribution in [0.2, 0.25) is 0 Å². The predicted octanol–water partition coefficient (Wildman–Crippen LogP) is -0.624. The third-order valence-electron chi connectivity index (χ3n) is 7.47. The Morgan fingerprint density at radius 2 is 2.03 bits per heavy atom. The number of carboxylic acid groups (broad SMARTS) is 1. The lowest BCUT2D eigenvalue weighted by Gasteiger charge is -2.46. The van der Waals surface area contributed by atoms with E-state index >= 15 is 0 Å². The molecule has 4 rings (SSSR count). The summed E-state index contributed by atoms with van der Waals surface area (Å²) in [5, 5.41) is 33.1. The van der Waals surface area contributed by atoms with E-state index in [-0.39, 0.29) is 47.9 Å². The van der Waals surface area contributed by atoms with Gasteiger partial charge in [-0.3, -0.25) is 14.4 Å². The van der Waals surface area contributed by atoms with Gasteiger partial charge in [0.1, 0.15) is 11.6 Å². The van der Waals surface area contributed by atoms with Crippen molar-refractivity contribution in [3.63, 3.8) is 0 Å². The van der Waals surface area contributed by atoms with Crippen LogP contribution in [0, 0.1) is 17.8 Å². The van der Waals surface area contributed by atoms with Crippen molar-refractivity contribution in [3.05, 3.63) is 10.6 Å². The van der Waals surface area contributed by atoms with Crippen molar-refractivity contribution in [1.82, 2.24) is 15.1 Å². The monoisotopic (exact) mass is 511 g/mol. The molecule has 3 fully saturated rings. The van der Waals surface area contributed by atoms with E-state index in [2.05, 4.69) is 5.32 Å². The van der Waals surface area contributed by atoms with Crippen molar-refractivity contribution in [3.8, 4) is 0 Å². The Hall–Kier alpha value is -2.15. The van der Waals surface area contributed by atoms with Crippen LogP contribution in [0.3, 0.4) is 0 Å². The summed E-state index contributed by atoms with van der Waals surface area (Å²) in [6.45, 7) is 6.23. The zero-order valence-electron chi connectivity index (χ0n) is 20.0. The van der Waals surface area contributed by atoms with Crippen LogP contribution in [0.4, 0.5) is 0 Å². The van der Waals surface area contributed by atoms with Crippen LogP contribution < -0.4 is 5.32 Å². The van der Waals surface area contributed by atoms with Gasteiger partial charge in [0.2, 0.25) is 11.8 Å². The first-order valence-corrected chi connectivity index (χ1v) is 13.0. The SMILES string of the molecule is CCOC(=O)C1CN(C(=O)[C@@H]2C[C@H](SC3=C(C(=O)O)N4C(=O)[C@H]([C@@H](C)O)[C@H]4[C@H]3C)CN2)CCC1O. The molecule has 2 unspecified atom stereocenters. The van der Waals surface area contributed by atoms with Crippen molar-refractivity contribution >= 4 is 35.5 Å². The van der Waals surface area contributed by atoms with E-state index in [1.807, 2.05) is 6.92 Å². The van der Waals surface area contributed by atoms with Gasteiger partial charge >= 0.3 is 11.9 Å². The molecule has 8 atom stereocenters. The number of aliphatic hydroxyl groups is 2. The number of fused-ring (bicyclic) bond motifs is 1. The number of hydrogen-bond acceptors (Lipinski definition) is 9. The van der Waals surface area contributed by atoms with E-state index in [1.54, 1.807) is 18.7 Å². The Morgan fingerprint density at radius 1 is 1.31 bits per heavy atom. The van der Waals surface area contributed by atoms with E-state index in [9.17, 15) is 34.5 Å². The molecule has 4 heterocycles. The molecule has 0 aromatic rings. The number of thioether (sulfide) groups is 1. The normalized spacial score (nSPS) is 35.6. The van der Waals surface area contributed by atoms with E-state index < -0.39 is 42.0 Å². The maximum Gasteiger partial charge on any atom is 0.353 e. The van der Waals surface area contributed by atoms with Crippen LogP contribution in [-0.4, -0.2) is 105 Å². The maximum atomic E-state index is 13.2. The third kappa shape index (κ3) is 4.56. The van der Waals surface area contributed by atoms with Gasteiger partial charge in [-0.1, -0.05) is 6.92 Å². The number of piperidine rings is 1. The van der Waals surface area contributed by atoms with E-state index in [0.29, 0.717) is 30.8 Å². The summed E-state index contributed by atoms with van der Waals surface area (Å²) in [6.07, 6.45) is -0.944. The number of rotatable bonds is 7. The number of nitrogens with one attached hydrogen (secondary N) is 1. The molecule has 0 aliphatic carbocycles. The number of aliphatic hydroxyl groups excluding tert-OH is 2. The lowest BCUT2D eigenvalue weighted by Crippen LogP contribution is -2.63. The molecule has 3 saturated heterocycles. The second-order valence-electron chi connectivity index (χ2n) is 9.71. The highest BCUT2D eigenvalue weighted by atomic mass is 32.2. The minimum Gasteiger partial charge on any atom is -0.477 e. The van der Waals surface area contributed by atoms with Crippen LogP contribution in [-0.2, 0) is 23.9 Å². The Labute approximate surface area is 207 Å². The van der Waals surface area contributed by atoms with Crippen LogP contribution in [0.25, 0.3) is 0 Å². The summed E-state index contributed by atoms with van der Waals surface area (Å²) < 4.78 is 5.04. The fourth-order valence-electron chi connectivity index (χ4n) is 5.68. The average Bonchev–Trinajstić information content (AvgIpc) is 3.35.